The van der Waals surface area contributed by atoms with Gasteiger partial charge in [0.05, 0.1) is 0 Å². The number of hydrogen-bond acceptors (Lipinski definition) is 0. The third-order valence-corrected chi connectivity index (χ3v) is 3.53. The molecule has 1 aromatic heterocycles. The van der Waals surface area contributed by atoms with Gasteiger partial charge in [-0.25, -0.2) is 0 Å². The Bertz CT molecular complexity index is 503. The standard InChI is InChI=1S/C14H17N/c1-3-14-13-7-5-4-6-12(13)10(2)15(14)11-8-9-11/h4-7,11H,3,8-9H2,1-2H3. The Morgan fingerprint density at radius 3 is 2.47 bits per heavy atom. The van der Waals surface area contributed by atoms with Crippen molar-refractivity contribution >= 4 is 10.8 Å². The number of fused-ring (bicyclic) bond motifs is 1. The summed E-state index contributed by atoms with van der Waals surface area (Å²) < 4.78 is 2.57. The molecule has 1 fully saturated rings. The van der Waals surface area contributed by atoms with E-state index >= 15 is 0 Å². The van der Waals surface area contributed by atoms with E-state index in [9.17, 15) is 0 Å². The number of benzene rings is 1. The zero-order valence-corrected chi connectivity index (χ0v) is 9.46. The van der Waals surface area contributed by atoms with Crippen LogP contribution >= 0.6 is 0 Å². The predicted molar refractivity (Wildman–Crippen MR) is 64.3 cm³/mol. The predicted octanol–water partition coefficient (Wildman–Crippen LogP) is 3.85. The van der Waals surface area contributed by atoms with Crippen LogP contribution in [-0.2, 0) is 6.42 Å². The molecule has 0 N–H and O–H groups in total. The summed E-state index contributed by atoms with van der Waals surface area (Å²) in [6.45, 7) is 4.53. The third kappa shape index (κ3) is 1.22. The maximum absolute atomic E-state index is 2.57. The van der Waals surface area contributed by atoms with Gasteiger partial charge in [-0.15, -0.1) is 0 Å². The Balaban J connectivity index is 2.36. The number of aromatic nitrogens is 1. The van der Waals surface area contributed by atoms with Crippen molar-refractivity contribution in [1.29, 1.82) is 0 Å². The zero-order valence-electron chi connectivity index (χ0n) is 9.46. The van der Waals surface area contributed by atoms with Gasteiger partial charge in [0.1, 0.15) is 0 Å². The number of rotatable bonds is 2. The average Bonchev–Trinajstić information content (AvgIpc) is 3.05. The summed E-state index contributed by atoms with van der Waals surface area (Å²) >= 11 is 0. The maximum atomic E-state index is 2.57. The minimum absolute atomic E-state index is 0.798. The molecular weight excluding hydrogens is 182 g/mol. The van der Waals surface area contributed by atoms with E-state index < -0.39 is 0 Å². The van der Waals surface area contributed by atoms with Crippen LogP contribution in [0.25, 0.3) is 10.8 Å². The molecule has 1 aliphatic carbocycles. The molecule has 0 spiro atoms. The highest BCUT2D eigenvalue weighted by molar-refractivity contribution is 5.88. The SMILES string of the molecule is CCc1c2ccccc2c(C)n1C1CC1. The minimum atomic E-state index is 0.798. The normalized spacial score (nSPS) is 16.1. The van der Waals surface area contributed by atoms with Gasteiger partial charge in [0.2, 0.25) is 0 Å². The summed E-state index contributed by atoms with van der Waals surface area (Å²) in [5.74, 6) is 0. The molecule has 3 rings (SSSR count). The second-order valence-electron chi connectivity index (χ2n) is 4.53. The van der Waals surface area contributed by atoms with E-state index in [-0.39, 0.29) is 0 Å². The summed E-state index contributed by atoms with van der Waals surface area (Å²) in [5.41, 5.74) is 3.00. The molecule has 2 aromatic rings. The fourth-order valence-electron chi connectivity index (χ4n) is 2.70. The summed E-state index contributed by atoms with van der Waals surface area (Å²) in [4.78, 5) is 0. The van der Waals surface area contributed by atoms with E-state index in [0.29, 0.717) is 0 Å². The first-order valence-electron chi connectivity index (χ1n) is 5.91. The van der Waals surface area contributed by atoms with Crippen LogP contribution in [0, 0.1) is 6.92 Å². The first-order valence-corrected chi connectivity index (χ1v) is 5.91. The number of aryl methyl sites for hydroxylation is 2. The molecule has 0 amide bonds. The van der Waals surface area contributed by atoms with E-state index in [2.05, 4.69) is 42.7 Å². The third-order valence-electron chi connectivity index (χ3n) is 3.53. The lowest BCUT2D eigenvalue weighted by Crippen LogP contribution is -2.01. The van der Waals surface area contributed by atoms with Gasteiger partial charge in [-0.1, -0.05) is 31.2 Å². The summed E-state index contributed by atoms with van der Waals surface area (Å²) in [6, 6.07) is 9.61. The Hall–Kier alpha value is -1.24. The molecule has 1 saturated carbocycles. The Morgan fingerprint density at radius 2 is 1.87 bits per heavy atom. The second-order valence-corrected chi connectivity index (χ2v) is 4.53. The van der Waals surface area contributed by atoms with Crippen LogP contribution in [0.4, 0.5) is 0 Å². The van der Waals surface area contributed by atoms with Crippen LogP contribution in [0.2, 0.25) is 0 Å². The van der Waals surface area contributed by atoms with Crippen molar-refractivity contribution in [3.8, 4) is 0 Å². The molecular formula is C14H17N. The molecule has 15 heavy (non-hydrogen) atoms. The minimum Gasteiger partial charge on any atom is -0.345 e. The summed E-state index contributed by atoms with van der Waals surface area (Å²) in [6.07, 6.45) is 3.88. The van der Waals surface area contributed by atoms with Crippen LogP contribution < -0.4 is 0 Å². The van der Waals surface area contributed by atoms with Crippen molar-refractivity contribution in [2.24, 2.45) is 0 Å². The summed E-state index contributed by atoms with van der Waals surface area (Å²) in [5, 5.41) is 2.91. The van der Waals surface area contributed by atoms with Gasteiger partial charge in [0.15, 0.2) is 0 Å². The van der Waals surface area contributed by atoms with Crippen molar-refractivity contribution in [3.05, 3.63) is 35.7 Å². The topological polar surface area (TPSA) is 4.93 Å². The monoisotopic (exact) mass is 199 g/mol. The van der Waals surface area contributed by atoms with Crippen molar-refractivity contribution < 1.29 is 0 Å². The van der Waals surface area contributed by atoms with Crippen molar-refractivity contribution in [2.45, 2.75) is 39.2 Å². The van der Waals surface area contributed by atoms with Gasteiger partial charge in [-0.3, -0.25) is 0 Å². The first-order chi connectivity index (χ1) is 7.33. The van der Waals surface area contributed by atoms with Crippen LogP contribution in [0.1, 0.15) is 37.2 Å². The van der Waals surface area contributed by atoms with Crippen molar-refractivity contribution in [1.82, 2.24) is 4.57 Å². The van der Waals surface area contributed by atoms with Crippen molar-refractivity contribution in [2.75, 3.05) is 0 Å². The molecule has 1 nitrogen and oxygen atoms in total. The number of nitrogens with zero attached hydrogens (tertiary/aromatic N) is 1. The molecule has 78 valence electrons. The quantitative estimate of drug-likeness (QED) is 0.692. The van der Waals surface area contributed by atoms with Crippen LogP contribution in [0.15, 0.2) is 24.3 Å². The molecule has 0 bridgehead atoms. The lowest BCUT2D eigenvalue weighted by Gasteiger charge is -2.08. The van der Waals surface area contributed by atoms with Gasteiger partial charge in [-0.2, -0.15) is 0 Å². The van der Waals surface area contributed by atoms with Gasteiger partial charge >= 0.3 is 0 Å². The molecule has 1 aromatic carbocycles. The molecule has 0 unspecified atom stereocenters. The summed E-state index contributed by atoms with van der Waals surface area (Å²) in [7, 11) is 0. The van der Waals surface area contributed by atoms with Crippen LogP contribution in [0.3, 0.4) is 0 Å². The van der Waals surface area contributed by atoms with Gasteiger partial charge < -0.3 is 4.57 Å². The molecule has 0 saturated heterocycles. The lowest BCUT2D eigenvalue weighted by atomic mass is 10.1. The Labute approximate surface area is 90.7 Å². The van der Waals surface area contributed by atoms with E-state index in [4.69, 9.17) is 0 Å². The van der Waals surface area contributed by atoms with Gasteiger partial charge in [-0.05, 0) is 26.2 Å². The molecule has 0 radical (unpaired) electrons. The second kappa shape index (κ2) is 3.13. The highest BCUT2D eigenvalue weighted by Gasteiger charge is 2.27. The number of hydrogen-bond donors (Lipinski definition) is 0. The highest BCUT2D eigenvalue weighted by atomic mass is 15.1. The van der Waals surface area contributed by atoms with Crippen molar-refractivity contribution in [3.63, 3.8) is 0 Å². The van der Waals surface area contributed by atoms with E-state index in [0.717, 1.165) is 12.5 Å². The first kappa shape index (κ1) is 9.02. The maximum Gasteiger partial charge on any atom is 0.0337 e. The molecule has 1 aliphatic rings. The van der Waals surface area contributed by atoms with Crippen LogP contribution in [0.5, 0.6) is 0 Å². The lowest BCUT2D eigenvalue weighted by molar-refractivity contribution is 0.686. The molecule has 0 aliphatic heterocycles. The molecule has 1 heterocycles. The van der Waals surface area contributed by atoms with Crippen LogP contribution in [-0.4, -0.2) is 4.57 Å². The highest BCUT2D eigenvalue weighted by Crippen LogP contribution is 2.40. The van der Waals surface area contributed by atoms with E-state index in [1.54, 1.807) is 0 Å². The van der Waals surface area contributed by atoms with Gasteiger partial charge in [0, 0.05) is 28.2 Å². The smallest absolute Gasteiger partial charge is 0.0337 e. The van der Waals surface area contributed by atoms with E-state index in [1.807, 2.05) is 0 Å². The Kier molecular flexibility index (Phi) is 1.88. The zero-order chi connectivity index (χ0) is 10.4. The molecule has 0 atom stereocenters. The van der Waals surface area contributed by atoms with Gasteiger partial charge in [0.25, 0.3) is 0 Å². The fraction of sp³-hybridized carbons (Fsp3) is 0.429. The molecule has 1 heteroatoms. The van der Waals surface area contributed by atoms with E-state index in [1.165, 1.54) is 35.0 Å². The fourth-order valence-corrected chi connectivity index (χ4v) is 2.70. The average molecular weight is 199 g/mol. The largest absolute Gasteiger partial charge is 0.345 e. The Morgan fingerprint density at radius 1 is 1.20 bits per heavy atom.